The van der Waals surface area contributed by atoms with Crippen molar-refractivity contribution < 1.29 is 13.3 Å². The first kappa shape index (κ1) is 51.8. The Morgan fingerprint density at radius 1 is 0.370 bits per heavy atom. The van der Waals surface area contributed by atoms with Crippen LogP contribution in [0.1, 0.15) is 263 Å². The maximum absolute atomic E-state index is 6.85. The van der Waals surface area contributed by atoms with Gasteiger partial charge in [0, 0.05) is 30.7 Å². The van der Waals surface area contributed by atoms with E-state index in [0.29, 0.717) is 0 Å². The predicted octanol–water partition coefficient (Wildman–Crippen LogP) is 17.8. The van der Waals surface area contributed by atoms with Crippen LogP contribution in [0.2, 0.25) is 6.04 Å². The number of hydrogen-bond acceptors (Lipinski definition) is 4. The molecule has 1 heterocycles. The lowest BCUT2D eigenvalue weighted by Gasteiger charge is -2.30. The van der Waals surface area contributed by atoms with Gasteiger partial charge in [0.1, 0.15) is 0 Å². The van der Waals surface area contributed by atoms with Crippen LogP contribution in [-0.4, -0.2) is 28.6 Å². The molecule has 54 heavy (non-hydrogen) atoms. The van der Waals surface area contributed by atoms with E-state index in [-0.39, 0.29) is 0 Å². The quantitative estimate of drug-likeness (QED) is 0.0486. The average Bonchev–Trinajstić information content (AvgIpc) is 3.71. The van der Waals surface area contributed by atoms with E-state index >= 15 is 0 Å². The van der Waals surface area contributed by atoms with Gasteiger partial charge >= 0.3 is 8.80 Å². The summed E-state index contributed by atoms with van der Waals surface area (Å²) in [7, 11) is -2.72. The first-order valence-corrected chi connectivity index (χ1v) is 27.5. The maximum Gasteiger partial charge on any atom is 0.500 e. The van der Waals surface area contributed by atoms with E-state index in [1.807, 2.05) is 11.3 Å². The Hall–Kier alpha value is -0.203. The van der Waals surface area contributed by atoms with Crippen LogP contribution in [0.3, 0.4) is 0 Å². The molecule has 0 bridgehead atoms. The van der Waals surface area contributed by atoms with Crippen LogP contribution in [-0.2, 0) is 19.7 Å². The third-order valence-electron chi connectivity index (χ3n) is 11.4. The average molecular weight is 793 g/mol. The topological polar surface area (TPSA) is 27.7 Å². The second kappa shape index (κ2) is 42.4. The summed E-state index contributed by atoms with van der Waals surface area (Å²) in [6, 6.07) is 5.42. The monoisotopic (exact) mass is 793 g/mol. The standard InChI is InChI=1S/C49H96O3SSi/c1-4-7-10-13-16-19-22-25-28-31-34-37-44-50-54(48-41-43-49-42-40-47-53-49,51-45-38-35-32-29-26-23-20-17-14-11-8-5-2)52-46-39-36-33-30-27-24-21-18-15-12-9-6-3/h40,42,47H,4-39,41,43-46,48H2,1-3H3. The van der Waals surface area contributed by atoms with Crippen molar-refractivity contribution in [3.8, 4) is 0 Å². The Balaban J connectivity index is 2.50. The molecule has 0 N–H and O–H groups in total. The number of thiophene rings is 1. The number of rotatable bonds is 46. The Bertz CT molecular complexity index is 744. The van der Waals surface area contributed by atoms with Crippen LogP contribution in [0, 0.1) is 0 Å². The van der Waals surface area contributed by atoms with Crippen molar-refractivity contribution in [2.45, 2.75) is 271 Å². The third kappa shape index (κ3) is 35.0. The van der Waals surface area contributed by atoms with E-state index in [1.54, 1.807) is 0 Å². The van der Waals surface area contributed by atoms with Crippen LogP contribution in [0.5, 0.6) is 0 Å². The summed E-state index contributed by atoms with van der Waals surface area (Å²) in [5.41, 5.74) is 0. The fourth-order valence-corrected chi connectivity index (χ4v) is 11.2. The molecule has 0 amide bonds. The Labute approximate surface area is 345 Å². The lowest BCUT2D eigenvalue weighted by atomic mass is 10.1. The molecule has 0 aliphatic carbocycles. The maximum atomic E-state index is 6.85. The van der Waals surface area contributed by atoms with Crippen LogP contribution in [0.15, 0.2) is 17.5 Å². The van der Waals surface area contributed by atoms with E-state index in [1.165, 1.54) is 217 Å². The van der Waals surface area contributed by atoms with Gasteiger partial charge in [-0.05, 0) is 43.6 Å². The van der Waals surface area contributed by atoms with Gasteiger partial charge in [-0.15, -0.1) is 11.3 Å². The van der Waals surface area contributed by atoms with Crippen molar-refractivity contribution in [3.05, 3.63) is 22.4 Å². The molecule has 0 spiro atoms. The molecule has 0 unspecified atom stereocenters. The minimum atomic E-state index is -2.72. The van der Waals surface area contributed by atoms with Crippen LogP contribution < -0.4 is 0 Å². The molecule has 0 saturated carbocycles. The second-order valence-electron chi connectivity index (χ2n) is 16.8. The highest BCUT2D eigenvalue weighted by Gasteiger charge is 2.40. The normalized spacial score (nSPS) is 12.0. The van der Waals surface area contributed by atoms with Gasteiger partial charge in [-0.25, -0.2) is 0 Å². The fraction of sp³-hybridized carbons (Fsp3) is 0.918. The summed E-state index contributed by atoms with van der Waals surface area (Å²) >= 11 is 1.88. The zero-order valence-corrected chi connectivity index (χ0v) is 38.9. The summed E-state index contributed by atoms with van der Waals surface area (Å²) in [4.78, 5) is 1.47. The molecular weight excluding hydrogens is 697 g/mol. The first-order chi connectivity index (χ1) is 26.8. The van der Waals surface area contributed by atoms with E-state index in [0.717, 1.165) is 58.0 Å². The van der Waals surface area contributed by atoms with Crippen molar-refractivity contribution in [3.63, 3.8) is 0 Å². The van der Waals surface area contributed by atoms with Gasteiger partial charge in [-0.3, -0.25) is 0 Å². The SMILES string of the molecule is CCCCCCCCCCCCCCO[Si](CCCc1cccs1)(OCCCCCCCCCCCCCC)OCCCCCCCCCCCCCC. The smallest absolute Gasteiger partial charge is 0.373 e. The molecule has 0 aromatic carbocycles. The summed E-state index contributed by atoms with van der Waals surface area (Å²) in [5.74, 6) is 0. The van der Waals surface area contributed by atoms with Gasteiger partial charge in [0.15, 0.2) is 0 Å². The molecule has 0 fully saturated rings. The minimum absolute atomic E-state index is 0.805. The van der Waals surface area contributed by atoms with Gasteiger partial charge in [-0.2, -0.15) is 0 Å². The Morgan fingerprint density at radius 3 is 0.907 bits per heavy atom. The summed E-state index contributed by atoms with van der Waals surface area (Å²) in [5, 5.41) is 2.21. The van der Waals surface area contributed by atoms with E-state index in [4.69, 9.17) is 13.3 Å². The largest absolute Gasteiger partial charge is 0.500 e. The van der Waals surface area contributed by atoms with Crippen molar-refractivity contribution in [1.29, 1.82) is 0 Å². The number of aryl methyl sites for hydroxylation is 1. The highest BCUT2D eigenvalue weighted by atomic mass is 32.1. The lowest BCUT2D eigenvalue weighted by molar-refractivity contribution is 0.0547. The molecule has 1 aromatic rings. The van der Waals surface area contributed by atoms with Gasteiger partial charge in [-0.1, -0.05) is 239 Å². The highest BCUT2D eigenvalue weighted by molar-refractivity contribution is 7.09. The summed E-state index contributed by atoms with van der Waals surface area (Å²) < 4.78 is 20.6. The lowest BCUT2D eigenvalue weighted by Crippen LogP contribution is -2.46. The minimum Gasteiger partial charge on any atom is -0.373 e. The van der Waals surface area contributed by atoms with Gasteiger partial charge < -0.3 is 13.3 Å². The van der Waals surface area contributed by atoms with Crippen LogP contribution in [0.4, 0.5) is 0 Å². The summed E-state index contributed by atoms with van der Waals surface area (Å²) in [6.45, 7) is 9.33. The fourth-order valence-electron chi connectivity index (χ4n) is 7.79. The van der Waals surface area contributed by atoms with E-state index in [2.05, 4.69) is 38.3 Å². The molecule has 0 atom stereocenters. The molecule has 0 aliphatic rings. The van der Waals surface area contributed by atoms with Crippen molar-refractivity contribution in [2.24, 2.45) is 0 Å². The zero-order chi connectivity index (χ0) is 38.7. The molecule has 0 aliphatic heterocycles. The Morgan fingerprint density at radius 2 is 0.648 bits per heavy atom. The van der Waals surface area contributed by atoms with Gasteiger partial charge in [0.25, 0.3) is 0 Å². The van der Waals surface area contributed by atoms with Crippen molar-refractivity contribution >= 4 is 20.1 Å². The molecule has 320 valence electrons. The molecule has 0 saturated heterocycles. The van der Waals surface area contributed by atoms with Crippen LogP contribution >= 0.6 is 11.3 Å². The molecule has 1 rings (SSSR count). The number of unbranched alkanes of at least 4 members (excludes halogenated alkanes) is 33. The zero-order valence-electron chi connectivity index (χ0n) is 37.1. The molecule has 3 nitrogen and oxygen atoms in total. The van der Waals surface area contributed by atoms with Gasteiger partial charge in [0.05, 0.1) is 0 Å². The highest BCUT2D eigenvalue weighted by Crippen LogP contribution is 2.24. The van der Waals surface area contributed by atoms with Crippen molar-refractivity contribution in [1.82, 2.24) is 0 Å². The number of hydrogen-bond donors (Lipinski definition) is 0. The molecule has 1 aromatic heterocycles. The van der Waals surface area contributed by atoms with Gasteiger partial charge in [0.2, 0.25) is 0 Å². The molecule has 5 heteroatoms. The third-order valence-corrected chi connectivity index (χ3v) is 15.3. The molecular formula is C49H96O3SSi. The van der Waals surface area contributed by atoms with Crippen LogP contribution in [0.25, 0.3) is 0 Å². The first-order valence-electron chi connectivity index (χ1n) is 24.7. The Kier molecular flexibility index (Phi) is 40.7. The predicted molar refractivity (Wildman–Crippen MR) is 244 cm³/mol. The molecule has 0 radical (unpaired) electrons. The van der Waals surface area contributed by atoms with E-state index < -0.39 is 8.80 Å². The second-order valence-corrected chi connectivity index (χ2v) is 20.6. The van der Waals surface area contributed by atoms with E-state index in [9.17, 15) is 0 Å². The summed E-state index contributed by atoms with van der Waals surface area (Å²) in [6.07, 6.45) is 51.5. The van der Waals surface area contributed by atoms with Crippen molar-refractivity contribution in [2.75, 3.05) is 19.8 Å².